The van der Waals surface area contributed by atoms with Gasteiger partial charge in [-0.15, -0.1) is 12.4 Å². The lowest BCUT2D eigenvalue weighted by Gasteiger charge is -2.34. The highest BCUT2D eigenvalue weighted by molar-refractivity contribution is 7.86. The molecule has 1 aliphatic heterocycles. The normalized spacial score (nSPS) is 18.4. The summed E-state index contributed by atoms with van der Waals surface area (Å²) < 4.78 is 27.5. The molecule has 7 heteroatoms. The molecule has 17 heavy (non-hydrogen) atoms. The van der Waals surface area contributed by atoms with E-state index in [0.29, 0.717) is 13.1 Å². The van der Waals surface area contributed by atoms with Crippen molar-refractivity contribution in [1.29, 1.82) is 0 Å². The van der Waals surface area contributed by atoms with E-state index in [1.54, 1.807) is 11.4 Å². The molecule has 104 valence electrons. The van der Waals surface area contributed by atoms with Gasteiger partial charge in [-0.05, 0) is 25.9 Å². The second-order valence-electron chi connectivity index (χ2n) is 4.09. The van der Waals surface area contributed by atoms with E-state index in [1.165, 1.54) is 4.31 Å². The van der Waals surface area contributed by atoms with Gasteiger partial charge in [0.15, 0.2) is 0 Å². The number of piperidine rings is 1. The molecule has 0 aliphatic carbocycles. The van der Waals surface area contributed by atoms with Crippen molar-refractivity contribution in [2.24, 2.45) is 0 Å². The van der Waals surface area contributed by atoms with Crippen LogP contribution in [-0.4, -0.2) is 56.3 Å². The zero-order chi connectivity index (χ0) is 12.2. The Hall–Kier alpha value is 0.120. The highest BCUT2D eigenvalue weighted by atomic mass is 35.5. The summed E-state index contributed by atoms with van der Waals surface area (Å²) in [6.07, 6.45) is 1.80. The van der Waals surface area contributed by atoms with Crippen LogP contribution in [0, 0.1) is 0 Å². The Morgan fingerprint density at radius 2 is 1.65 bits per heavy atom. The maximum atomic E-state index is 12.2. The molecule has 0 atom stereocenters. The van der Waals surface area contributed by atoms with Crippen molar-refractivity contribution in [1.82, 2.24) is 13.9 Å². The van der Waals surface area contributed by atoms with Gasteiger partial charge in [0.25, 0.3) is 10.2 Å². The van der Waals surface area contributed by atoms with Gasteiger partial charge in [0, 0.05) is 26.2 Å². The quantitative estimate of drug-likeness (QED) is 0.808. The standard InChI is InChI=1S/C10H23N3O2S.ClH/c1-4-13(5-2)16(14,15)12(3)10-6-8-11-9-7-10;/h10-11H,4-9H2,1-3H3;1H. The van der Waals surface area contributed by atoms with Crippen LogP contribution in [0.25, 0.3) is 0 Å². The molecule has 0 aromatic rings. The van der Waals surface area contributed by atoms with E-state index < -0.39 is 10.2 Å². The molecule has 1 heterocycles. The van der Waals surface area contributed by atoms with Crippen molar-refractivity contribution in [3.05, 3.63) is 0 Å². The van der Waals surface area contributed by atoms with Gasteiger partial charge in [0.05, 0.1) is 0 Å². The second-order valence-corrected chi connectivity index (χ2v) is 6.08. The van der Waals surface area contributed by atoms with Crippen LogP contribution in [-0.2, 0) is 10.2 Å². The molecular formula is C10H24ClN3O2S. The third-order valence-corrected chi connectivity index (χ3v) is 5.41. The maximum absolute atomic E-state index is 12.2. The van der Waals surface area contributed by atoms with Crippen molar-refractivity contribution in [2.75, 3.05) is 33.2 Å². The van der Waals surface area contributed by atoms with Gasteiger partial charge in [0.1, 0.15) is 0 Å². The lowest BCUT2D eigenvalue weighted by Crippen LogP contribution is -2.49. The number of hydrogen-bond acceptors (Lipinski definition) is 3. The van der Waals surface area contributed by atoms with E-state index in [-0.39, 0.29) is 18.4 Å². The van der Waals surface area contributed by atoms with Crippen LogP contribution in [0.3, 0.4) is 0 Å². The first kappa shape index (κ1) is 17.1. The Bertz CT molecular complexity index is 301. The molecule has 0 bridgehead atoms. The van der Waals surface area contributed by atoms with Gasteiger partial charge in [0.2, 0.25) is 0 Å². The fourth-order valence-electron chi connectivity index (χ4n) is 2.09. The van der Waals surface area contributed by atoms with E-state index in [2.05, 4.69) is 5.32 Å². The molecule has 0 spiro atoms. The Kier molecular flexibility index (Phi) is 7.58. The molecule has 1 saturated heterocycles. The number of rotatable bonds is 5. The van der Waals surface area contributed by atoms with Crippen molar-refractivity contribution < 1.29 is 8.42 Å². The molecule has 0 radical (unpaired) electrons. The van der Waals surface area contributed by atoms with Gasteiger partial charge in [-0.25, -0.2) is 0 Å². The first-order valence-electron chi connectivity index (χ1n) is 5.97. The van der Waals surface area contributed by atoms with E-state index in [9.17, 15) is 8.42 Å². The van der Waals surface area contributed by atoms with Crippen LogP contribution in [0.15, 0.2) is 0 Å². The topological polar surface area (TPSA) is 52.7 Å². The zero-order valence-electron chi connectivity index (χ0n) is 10.8. The minimum atomic E-state index is -3.26. The number of nitrogens with zero attached hydrogens (tertiary/aromatic N) is 2. The van der Waals surface area contributed by atoms with E-state index in [0.717, 1.165) is 25.9 Å². The summed E-state index contributed by atoms with van der Waals surface area (Å²) in [5.41, 5.74) is 0. The third-order valence-electron chi connectivity index (χ3n) is 3.22. The van der Waals surface area contributed by atoms with Gasteiger partial charge < -0.3 is 5.32 Å². The second kappa shape index (κ2) is 7.53. The first-order valence-corrected chi connectivity index (χ1v) is 7.37. The zero-order valence-corrected chi connectivity index (χ0v) is 12.5. The minimum Gasteiger partial charge on any atom is -0.317 e. The fraction of sp³-hybridized carbons (Fsp3) is 1.00. The molecule has 1 N–H and O–H groups in total. The molecule has 1 aliphatic rings. The Balaban J connectivity index is 0.00000256. The van der Waals surface area contributed by atoms with Crippen molar-refractivity contribution in [2.45, 2.75) is 32.7 Å². The average Bonchev–Trinajstić information content (AvgIpc) is 2.30. The summed E-state index contributed by atoms with van der Waals surface area (Å²) >= 11 is 0. The van der Waals surface area contributed by atoms with E-state index in [4.69, 9.17) is 0 Å². The SMILES string of the molecule is CCN(CC)S(=O)(=O)N(C)C1CCNCC1.Cl. The number of nitrogens with one attached hydrogen (secondary N) is 1. The lowest BCUT2D eigenvalue weighted by atomic mass is 10.1. The Labute approximate surface area is 111 Å². The Morgan fingerprint density at radius 1 is 1.18 bits per heavy atom. The van der Waals surface area contributed by atoms with Crippen molar-refractivity contribution in [3.63, 3.8) is 0 Å². The maximum Gasteiger partial charge on any atom is 0.281 e. The van der Waals surface area contributed by atoms with Crippen LogP contribution in [0.4, 0.5) is 0 Å². The smallest absolute Gasteiger partial charge is 0.281 e. The molecule has 0 unspecified atom stereocenters. The highest BCUT2D eigenvalue weighted by Gasteiger charge is 2.30. The summed E-state index contributed by atoms with van der Waals surface area (Å²) in [7, 11) is -1.56. The predicted molar refractivity (Wildman–Crippen MR) is 72.7 cm³/mol. The van der Waals surface area contributed by atoms with Crippen molar-refractivity contribution in [3.8, 4) is 0 Å². The third kappa shape index (κ3) is 4.06. The first-order chi connectivity index (χ1) is 7.54. The van der Waals surface area contributed by atoms with Gasteiger partial charge in [-0.1, -0.05) is 13.8 Å². The minimum absolute atomic E-state index is 0. The van der Waals surface area contributed by atoms with Crippen LogP contribution < -0.4 is 5.32 Å². The van der Waals surface area contributed by atoms with Crippen LogP contribution in [0.5, 0.6) is 0 Å². The monoisotopic (exact) mass is 285 g/mol. The molecule has 0 aromatic heterocycles. The molecule has 0 saturated carbocycles. The van der Waals surface area contributed by atoms with Crippen LogP contribution >= 0.6 is 12.4 Å². The van der Waals surface area contributed by atoms with E-state index >= 15 is 0 Å². The highest BCUT2D eigenvalue weighted by Crippen LogP contribution is 2.16. The number of halogens is 1. The predicted octanol–water partition coefficient (Wildman–Crippen LogP) is 0.679. The van der Waals surface area contributed by atoms with E-state index in [1.807, 2.05) is 13.8 Å². The molecule has 0 aromatic carbocycles. The van der Waals surface area contributed by atoms with Crippen LogP contribution in [0.1, 0.15) is 26.7 Å². The summed E-state index contributed by atoms with van der Waals surface area (Å²) in [4.78, 5) is 0. The fourth-order valence-corrected chi connectivity index (χ4v) is 3.70. The van der Waals surface area contributed by atoms with Gasteiger partial charge in [-0.2, -0.15) is 17.0 Å². The molecular weight excluding hydrogens is 262 g/mol. The molecule has 0 amide bonds. The van der Waals surface area contributed by atoms with Crippen LogP contribution in [0.2, 0.25) is 0 Å². The molecule has 1 fully saturated rings. The summed E-state index contributed by atoms with van der Waals surface area (Å²) in [5, 5.41) is 3.24. The van der Waals surface area contributed by atoms with Gasteiger partial charge in [-0.3, -0.25) is 0 Å². The number of hydrogen-bond donors (Lipinski definition) is 1. The van der Waals surface area contributed by atoms with Crippen molar-refractivity contribution >= 4 is 22.6 Å². The summed E-state index contributed by atoms with van der Waals surface area (Å²) in [6.45, 7) is 6.63. The lowest BCUT2D eigenvalue weighted by molar-refractivity contribution is 0.274. The molecule has 1 rings (SSSR count). The summed E-state index contributed by atoms with van der Waals surface area (Å²) in [6, 6.07) is 0.145. The molecule has 5 nitrogen and oxygen atoms in total. The largest absolute Gasteiger partial charge is 0.317 e. The summed E-state index contributed by atoms with van der Waals surface area (Å²) in [5.74, 6) is 0. The Morgan fingerprint density at radius 3 is 2.06 bits per heavy atom. The average molecular weight is 286 g/mol. The van der Waals surface area contributed by atoms with Gasteiger partial charge >= 0.3 is 0 Å².